The lowest BCUT2D eigenvalue weighted by Crippen LogP contribution is -1.94. The molecule has 0 aromatic carbocycles. The van der Waals surface area contributed by atoms with E-state index in [0.29, 0.717) is 10.9 Å². The van der Waals surface area contributed by atoms with Gasteiger partial charge in [0.1, 0.15) is 5.15 Å². The van der Waals surface area contributed by atoms with Crippen LogP contribution in [0.4, 0.5) is 0 Å². The molecular formula is C8H11ClN6S. The van der Waals surface area contributed by atoms with Crippen molar-refractivity contribution < 1.29 is 0 Å². The van der Waals surface area contributed by atoms with Crippen LogP contribution in [0.25, 0.3) is 0 Å². The van der Waals surface area contributed by atoms with Crippen molar-refractivity contribution in [1.82, 2.24) is 30.0 Å². The Morgan fingerprint density at radius 1 is 1.31 bits per heavy atom. The highest BCUT2D eigenvalue weighted by molar-refractivity contribution is 7.98. The molecule has 0 aliphatic carbocycles. The molecule has 0 saturated heterocycles. The molecule has 0 aliphatic heterocycles. The second-order valence-electron chi connectivity index (χ2n) is 3.35. The molecule has 0 fully saturated rings. The van der Waals surface area contributed by atoms with E-state index >= 15 is 0 Å². The lowest BCUT2D eigenvalue weighted by molar-refractivity contribution is 0.664. The first-order valence-electron chi connectivity index (χ1n) is 4.62. The maximum Gasteiger partial charge on any atom is 0.209 e. The van der Waals surface area contributed by atoms with Gasteiger partial charge in [0, 0.05) is 25.4 Å². The number of aryl methyl sites for hydroxylation is 3. The molecule has 0 bridgehead atoms. The number of hydrogen-bond donors (Lipinski definition) is 0. The molecule has 2 heterocycles. The van der Waals surface area contributed by atoms with Gasteiger partial charge in [-0.2, -0.15) is 5.10 Å². The third-order valence-corrected chi connectivity index (χ3v) is 3.71. The monoisotopic (exact) mass is 258 g/mol. The molecule has 2 rings (SSSR count). The average Bonchev–Trinajstić information content (AvgIpc) is 2.72. The topological polar surface area (TPSA) is 61.4 Å². The van der Waals surface area contributed by atoms with Crippen LogP contribution in [0.1, 0.15) is 11.3 Å². The molecule has 2 aromatic rings. The molecule has 0 amide bonds. The van der Waals surface area contributed by atoms with Gasteiger partial charge in [0.2, 0.25) is 5.16 Å². The molecule has 0 N–H and O–H groups in total. The van der Waals surface area contributed by atoms with Crippen LogP contribution in [0.15, 0.2) is 5.16 Å². The summed E-state index contributed by atoms with van der Waals surface area (Å²) in [6, 6.07) is 0. The number of rotatable bonds is 3. The van der Waals surface area contributed by atoms with E-state index in [4.69, 9.17) is 11.6 Å². The molecule has 0 saturated carbocycles. The Morgan fingerprint density at radius 3 is 2.56 bits per heavy atom. The number of hydrogen-bond acceptors (Lipinski definition) is 5. The summed E-state index contributed by atoms with van der Waals surface area (Å²) >= 11 is 7.66. The van der Waals surface area contributed by atoms with Crippen molar-refractivity contribution in [2.24, 2.45) is 14.1 Å². The Kier molecular flexibility index (Phi) is 3.15. The zero-order valence-corrected chi connectivity index (χ0v) is 10.7. The minimum atomic E-state index is 0.667. The van der Waals surface area contributed by atoms with Gasteiger partial charge in [0.05, 0.1) is 5.69 Å². The van der Waals surface area contributed by atoms with Crippen molar-refractivity contribution in [1.29, 1.82) is 0 Å². The van der Waals surface area contributed by atoms with E-state index in [-0.39, 0.29) is 0 Å². The quantitative estimate of drug-likeness (QED) is 0.774. The van der Waals surface area contributed by atoms with Crippen LogP contribution >= 0.6 is 23.4 Å². The summed E-state index contributed by atoms with van der Waals surface area (Å²) in [5.41, 5.74) is 1.97. The molecule has 0 radical (unpaired) electrons. The summed E-state index contributed by atoms with van der Waals surface area (Å²) in [7, 11) is 3.63. The molecule has 0 unspecified atom stereocenters. The van der Waals surface area contributed by atoms with E-state index in [1.807, 2.05) is 14.0 Å². The van der Waals surface area contributed by atoms with Gasteiger partial charge in [-0.15, -0.1) is 5.10 Å². The highest BCUT2D eigenvalue weighted by atomic mass is 35.5. The van der Waals surface area contributed by atoms with Crippen LogP contribution in [-0.2, 0) is 19.8 Å². The first kappa shape index (κ1) is 11.4. The fraction of sp³-hybridized carbons (Fsp3) is 0.500. The summed E-state index contributed by atoms with van der Waals surface area (Å²) in [5, 5.41) is 16.9. The van der Waals surface area contributed by atoms with Crippen molar-refractivity contribution in [3.63, 3.8) is 0 Å². The van der Waals surface area contributed by atoms with E-state index in [1.54, 1.807) is 16.4 Å². The predicted molar refractivity (Wildman–Crippen MR) is 61.3 cm³/mol. The SMILES string of the molecule is Cc1nn(C)c(Cl)c1CSc1nnnn1C. The van der Waals surface area contributed by atoms with Crippen LogP contribution in [0, 0.1) is 6.92 Å². The minimum Gasteiger partial charge on any atom is -0.257 e. The third-order valence-electron chi connectivity index (χ3n) is 2.20. The standard InChI is InChI=1S/C8H11ClN6S/c1-5-6(7(9)14(2)11-5)4-16-8-10-12-13-15(8)3/h4H2,1-3H3. The van der Waals surface area contributed by atoms with E-state index in [0.717, 1.165) is 16.4 Å². The molecule has 0 spiro atoms. The number of halogens is 1. The van der Waals surface area contributed by atoms with Crippen LogP contribution in [0.5, 0.6) is 0 Å². The Morgan fingerprint density at radius 2 is 2.06 bits per heavy atom. The van der Waals surface area contributed by atoms with Gasteiger partial charge in [0.15, 0.2) is 0 Å². The first-order valence-corrected chi connectivity index (χ1v) is 5.99. The van der Waals surface area contributed by atoms with Gasteiger partial charge in [-0.3, -0.25) is 4.68 Å². The Labute approximate surface area is 102 Å². The van der Waals surface area contributed by atoms with E-state index in [1.165, 1.54) is 11.8 Å². The highest BCUT2D eigenvalue weighted by Gasteiger charge is 2.13. The summed E-state index contributed by atoms with van der Waals surface area (Å²) in [6.07, 6.45) is 0. The molecule has 0 aliphatic rings. The van der Waals surface area contributed by atoms with Crippen LogP contribution in [0.3, 0.4) is 0 Å². The molecule has 16 heavy (non-hydrogen) atoms. The number of tetrazole rings is 1. The zero-order valence-electron chi connectivity index (χ0n) is 9.18. The predicted octanol–water partition coefficient (Wildman–Crippen LogP) is 1.20. The van der Waals surface area contributed by atoms with Crippen molar-refractivity contribution in [2.45, 2.75) is 17.8 Å². The summed E-state index contributed by atoms with van der Waals surface area (Å²) in [5.74, 6) is 0.715. The summed E-state index contributed by atoms with van der Waals surface area (Å²) in [4.78, 5) is 0. The van der Waals surface area contributed by atoms with Gasteiger partial charge < -0.3 is 0 Å². The molecular weight excluding hydrogens is 248 g/mol. The molecule has 6 nitrogen and oxygen atoms in total. The number of nitrogens with zero attached hydrogens (tertiary/aromatic N) is 6. The molecule has 2 aromatic heterocycles. The van der Waals surface area contributed by atoms with Gasteiger partial charge in [-0.25, -0.2) is 4.68 Å². The van der Waals surface area contributed by atoms with Crippen LogP contribution < -0.4 is 0 Å². The molecule has 8 heteroatoms. The third kappa shape index (κ3) is 2.05. The highest BCUT2D eigenvalue weighted by Crippen LogP contribution is 2.26. The van der Waals surface area contributed by atoms with E-state index in [9.17, 15) is 0 Å². The van der Waals surface area contributed by atoms with Crippen molar-refractivity contribution in [3.05, 3.63) is 16.4 Å². The fourth-order valence-electron chi connectivity index (χ4n) is 1.32. The molecule has 0 atom stereocenters. The van der Waals surface area contributed by atoms with E-state index < -0.39 is 0 Å². The largest absolute Gasteiger partial charge is 0.257 e. The van der Waals surface area contributed by atoms with Crippen LogP contribution in [0.2, 0.25) is 5.15 Å². The second-order valence-corrected chi connectivity index (χ2v) is 4.65. The first-order chi connectivity index (χ1) is 7.59. The van der Waals surface area contributed by atoms with Gasteiger partial charge in [-0.05, 0) is 17.4 Å². The lowest BCUT2D eigenvalue weighted by atomic mass is 10.3. The summed E-state index contributed by atoms with van der Waals surface area (Å²) in [6.45, 7) is 1.94. The fourth-order valence-corrected chi connectivity index (χ4v) is 2.58. The molecule has 86 valence electrons. The van der Waals surface area contributed by atoms with Crippen LogP contribution in [-0.4, -0.2) is 30.0 Å². The maximum absolute atomic E-state index is 6.12. The van der Waals surface area contributed by atoms with E-state index in [2.05, 4.69) is 20.6 Å². The van der Waals surface area contributed by atoms with Gasteiger partial charge in [-0.1, -0.05) is 23.4 Å². The average molecular weight is 259 g/mol. The second kappa shape index (κ2) is 4.42. The minimum absolute atomic E-state index is 0.667. The number of aromatic nitrogens is 6. The Hall–Kier alpha value is -1.08. The zero-order chi connectivity index (χ0) is 11.7. The Balaban J connectivity index is 2.13. The number of thioether (sulfide) groups is 1. The normalized spacial score (nSPS) is 11.0. The van der Waals surface area contributed by atoms with Gasteiger partial charge in [0.25, 0.3) is 0 Å². The Bertz CT molecular complexity index is 505. The van der Waals surface area contributed by atoms with Crippen molar-refractivity contribution >= 4 is 23.4 Å². The van der Waals surface area contributed by atoms with Crippen molar-refractivity contribution in [2.75, 3.05) is 0 Å². The maximum atomic E-state index is 6.12. The smallest absolute Gasteiger partial charge is 0.209 e. The van der Waals surface area contributed by atoms with Crippen molar-refractivity contribution in [3.8, 4) is 0 Å². The lowest BCUT2D eigenvalue weighted by Gasteiger charge is -1.99. The summed E-state index contributed by atoms with van der Waals surface area (Å²) < 4.78 is 3.30. The van der Waals surface area contributed by atoms with Gasteiger partial charge >= 0.3 is 0 Å².